The SMILES string of the molecule is C=C(C)COc1cc(C(=O)OC)ccc1OC(F)F. The van der Waals surface area contributed by atoms with Crippen LogP contribution in [0.5, 0.6) is 11.5 Å². The molecule has 0 aliphatic carbocycles. The molecule has 0 spiro atoms. The Morgan fingerprint density at radius 3 is 2.58 bits per heavy atom. The van der Waals surface area contributed by atoms with Crippen LogP contribution in [0.15, 0.2) is 30.4 Å². The van der Waals surface area contributed by atoms with E-state index in [1.807, 2.05) is 0 Å². The van der Waals surface area contributed by atoms with Crippen LogP contribution in [-0.2, 0) is 4.74 Å². The number of hydrogen-bond donors (Lipinski definition) is 0. The summed E-state index contributed by atoms with van der Waals surface area (Å²) in [5, 5.41) is 0. The third-order valence-corrected chi connectivity index (χ3v) is 2.05. The highest BCUT2D eigenvalue weighted by atomic mass is 19.3. The van der Waals surface area contributed by atoms with Crippen LogP contribution in [0.1, 0.15) is 17.3 Å². The first kappa shape index (κ1) is 14.9. The second kappa shape index (κ2) is 6.72. The number of benzene rings is 1. The Bertz CT molecular complexity index is 472. The summed E-state index contributed by atoms with van der Waals surface area (Å²) in [6, 6.07) is 3.83. The van der Waals surface area contributed by atoms with Gasteiger partial charge in [-0.05, 0) is 30.7 Å². The minimum atomic E-state index is -2.98. The summed E-state index contributed by atoms with van der Waals surface area (Å²) in [5.74, 6) is -0.709. The molecule has 1 aromatic carbocycles. The maximum atomic E-state index is 12.2. The molecule has 0 fully saturated rings. The van der Waals surface area contributed by atoms with Gasteiger partial charge in [0.05, 0.1) is 12.7 Å². The van der Waals surface area contributed by atoms with Crippen LogP contribution in [0.25, 0.3) is 0 Å². The van der Waals surface area contributed by atoms with Crippen molar-refractivity contribution in [2.75, 3.05) is 13.7 Å². The standard InChI is InChI=1S/C13H14F2O4/c1-8(2)7-18-11-6-9(12(16)17-3)4-5-10(11)19-13(14)15/h4-6,13H,1,7H2,2-3H3. The molecule has 1 aromatic rings. The van der Waals surface area contributed by atoms with Crippen molar-refractivity contribution in [3.05, 3.63) is 35.9 Å². The Hall–Kier alpha value is -2.11. The van der Waals surface area contributed by atoms with E-state index in [1.165, 1.54) is 25.3 Å². The number of alkyl halides is 2. The van der Waals surface area contributed by atoms with Crippen LogP contribution < -0.4 is 9.47 Å². The minimum absolute atomic E-state index is 0.0335. The molecule has 0 N–H and O–H groups in total. The molecule has 0 unspecified atom stereocenters. The highest BCUT2D eigenvalue weighted by Crippen LogP contribution is 2.30. The molecule has 0 bridgehead atoms. The molecule has 0 saturated carbocycles. The predicted octanol–water partition coefficient (Wildman–Crippen LogP) is 3.03. The van der Waals surface area contributed by atoms with Crippen LogP contribution in [-0.4, -0.2) is 26.3 Å². The van der Waals surface area contributed by atoms with Crippen molar-refractivity contribution in [1.82, 2.24) is 0 Å². The third kappa shape index (κ3) is 4.57. The Morgan fingerprint density at radius 2 is 2.05 bits per heavy atom. The zero-order valence-electron chi connectivity index (χ0n) is 10.6. The highest BCUT2D eigenvalue weighted by molar-refractivity contribution is 5.90. The van der Waals surface area contributed by atoms with Crippen molar-refractivity contribution in [2.45, 2.75) is 13.5 Å². The number of carbonyl (C=O) groups is 1. The molecule has 0 atom stereocenters. The topological polar surface area (TPSA) is 44.8 Å². The van der Waals surface area contributed by atoms with Gasteiger partial charge in [-0.1, -0.05) is 6.58 Å². The molecule has 6 heteroatoms. The lowest BCUT2D eigenvalue weighted by Crippen LogP contribution is -2.08. The molecule has 0 radical (unpaired) electrons. The van der Waals surface area contributed by atoms with E-state index >= 15 is 0 Å². The number of halogens is 2. The van der Waals surface area contributed by atoms with E-state index in [0.29, 0.717) is 5.57 Å². The van der Waals surface area contributed by atoms with E-state index in [0.717, 1.165) is 0 Å². The summed E-state index contributed by atoms with van der Waals surface area (Å²) < 4.78 is 38.6. The second-order valence-corrected chi connectivity index (χ2v) is 3.78. The average molecular weight is 272 g/mol. The van der Waals surface area contributed by atoms with Gasteiger partial charge in [-0.25, -0.2) is 4.79 Å². The van der Waals surface area contributed by atoms with Crippen LogP contribution in [0, 0.1) is 0 Å². The molecule has 0 heterocycles. The fraction of sp³-hybridized carbons (Fsp3) is 0.308. The summed E-state index contributed by atoms with van der Waals surface area (Å²) >= 11 is 0. The lowest BCUT2D eigenvalue weighted by Gasteiger charge is -2.13. The van der Waals surface area contributed by atoms with Crippen LogP contribution >= 0.6 is 0 Å². The first-order valence-corrected chi connectivity index (χ1v) is 5.38. The molecule has 0 aromatic heterocycles. The van der Waals surface area contributed by atoms with Crippen molar-refractivity contribution >= 4 is 5.97 Å². The molecule has 104 valence electrons. The summed E-state index contributed by atoms with van der Waals surface area (Å²) in [7, 11) is 1.22. The lowest BCUT2D eigenvalue weighted by molar-refractivity contribution is -0.0513. The molecule has 1 rings (SSSR count). The summed E-state index contributed by atoms with van der Waals surface area (Å²) in [6.45, 7) is 2.50. The number of carbonyl (C=O) groups excluding carboxylic acids is 1. The van der Waals surface area contributed by atoms with Gasteiger partial charge < -0.3 is 14.2 Å². The number of hydrogen-bond acceptors (Lipinski definition) is 4. The number of rotatable bonds is 6. The van der Waals surface area contributed by atoms with Gasteiger partial charge in [0.15, 0.2) is 11.5 Å². The van der Waals surface area contributed by atoms with Crippen molar-refractivity contribution in [2.24, 2.45) is 0 Å². The summed E-state index contributed by atoms with van der Waals surface area (Å²) in [6.07, 6.45) is 0. The lowest BCUT2D eigenvalue weighted by atomic mass is 10.2. The van der Waals surface area contributed by atoms with E-state index < -0.39 is 12.6 Å². The largest absolute Gasteiger partial charge is 0.485 e. The van der Waals surface area contributed by atoms with Gasteiger partial charge >= 0.3 is 12.6 Å². The molecule has 0 aliphatic rings. The maximum absolute atomic E-state index is 12.2. The molecule has 4 nitrogen and oxygen atoms in total. The normalized spacial score (nSPS) is 10.2. The number of ether oxygens (including phenoxy) is 3. The molecule has 0 aliphatic heterocycles. The third-order valence-electron chi connectivity index (χ3n) is 2.05. The Balaban J connectivity index is 3.02. The molecule has 19 heavy (non-hydrogen) atoms. The number of esters is 1. The summed E-state index contributed by atoms with van der Waals surface area (Å²) in [4.78, 5) is 11.4. The fourth-order valence-corrected chi connectivity index (χ4v) is 1.26. The van der Waals surface area contributed by atoms with Crippen molar-refractivity contribution in [3.63, 3.8) is 0 Å². The van der Waals surface area contributed by atoms with Gasteiger partial charge in [0, 0.05) is 0 Å². The van der Waals surface area contributed by atoms with Gasteiger partial charge in [0.2, 0.25) is 0 Å². The zero-order valence-corrected chi connectivity index (χ0v) is 10.6. The van der Waals surface area contributed by atoms with Crippen molar-refractivity contribution < 1.29 is 27.8 Å². The van der Waals surface area contributed by atoms with Gasteiger partial charge in [-0.15, -0.1) is 0 Å². The predicted molar refractivity (Wildman–Crippen MR) is 64.7 cm³/mol. The molecule has 0 saturated heterocycles. The van der Waals surface area contributed by atoms with E-state index in [-0.39, 0.29) is 23.7 Å². The highest BCUT2D eigenvalue weighted by Gasteiger charge is 2.15. The first-order valence-electron chi connectivity index (χ1n) is 5.38. The monoisotopic (exact) mass is 272 g/mol. The van der Waals surface area contributed by atoms with Gasteiger partial charge in [-0.3, -0.25) is 0 Å². The van der Waals surface area contributed by atoms with Gasteiger partial charge in [0.25, 0.3) is 0 Å². The second-order valence-electron chi connectivity index (χ2n) is 3.78. The quantitative estimate of drug-likeness (QED) is 0.590. The van der Waals surface area contributed by atoms with Crippen LogP contribution in [0.4, 0.5) is 8.78 Å². The Labute approximate surface area is 109 Å². The fourth-order valence-electron chi connectivity index (χ4n) is 1.26. The van der Waals surface area contributed by atoms with E-state index in [9.17, 15) is 13.6 Å². The molecular weight excluding hydrogens is 258 g/mol. The zero-order chi connectivity index (χ0) is 14.4. The van der Waals surface area contributed by atoms with Gasteiger partial charge in [0.1, 0.15) is 6.61 Å². The Morgan fingerprint density at radius 1 is 1.37 bits per heavy atom. The smallest absolute Gasteiger partial charge is 0.387 e. The average Bonchev–Trinajstić information content (AvgIpc) is 2.35. The van der Waals surface area contributed by atoms with E-state index in [2.05, 4.69) is 16.1 Å². The summed E-state index contributed by atoms with van der Waals surface area (Å²) in [5.41, 5.74) is 0.882. The van der Waals surface area contributed by atoms with Crippen LogP contribution in [0.3, 0.4) is 0 Å². The van der Waals surface area contributed by atoms with Crippen LogP contribution in [0.2, 0.25) is 0 Å². The first-order chi connectivity index (χ1) is 8.93. The van der Waals surface area contributed by atoms with E-state index in [1.54, 1.807) is 6.92 Å². The minimum Gasteiger partial charge on any atom is -0.485 e. The Kier molecular flexibility index (Phi) is 5.29. The maximum Gasteiger partial charge on any atom is 0.387 e. The van der Waals surface area contributed by atoms with Gasteiger partial charge in [-0.2, -0.15) is 8.78 Å². The molecule has 0 amide bonds. The molecular formula is C13H14F2O4. The van der Waals surface area contributed by atoms with Crippen molar-refractivity contribution in [1.29, 1.82) is 0 Å². The van der Waals surface area contributed by atoms with Crippen molar-refractivity contribution in [3.8, 4) is 11.5 Å². The van der Waals surface area contributed by atoms with E-state index in [4.69, 9.17) is 4.74 Å². The number of methoxy groups -OCH3 is 1.